The zero-order valence-corrected chi connectivity index (χ0v) is 12.8. The molecule has 1 heterocycles. The summed E-state index contributed by atoms with van der Waals surface area (Å²) >= 11 is 0. The van der Waals surface area contributed by atoms with Gasteiger partial charge in [0.1, 0.15) is 9.84 Å². The van der Waals surface area contributed by atoms with E-state index in [0.717, 1.165) is 25.8 Å². The number of amides is 1. The predicted octanol–water partition coefficient (Wildman–Crippen LogP) is 0.490. The van der Waals surface area contributed by atoms with E-state index in [1.165, 1.54) is 6.26 Å². The lowest BCUT2D eigenvalue weighted by Crippen LogP contribution is -2.58. The number of carbonyl (C=O) groups excluding carboxylic acids is 1. The number of rotatable bonds is 4. The molecule has 1 amide bonds. The second kappa shape index (κ2) is 6.73. The van der Waals surface area contributed by atoms with E-state index < -0.39 is 15.4 Å². The van der Waals surface area contributed by atoms with Crippen molar-refractivity contribution < 1.29 is 13.2 Å². The topological polar surface area (TPSA) is 75.3 Å². The van der Waals surface area contributed by atoms with Crippen LogP contribution >= 0.6 is 12.4 Å². The smallest absolute Gasteiger partial charge is 0.240 e. The van der Waals surface area contributed by atoms with Gasteiger partial charge in [0, 0.05) is 12.3 Å². The number of carbonyl (C=O) groups is 1. The van der Waals surface area contributed by atoms with Gasteiger partial charge in [-0.3, -0.25) is 4.79 Å². The quantitative estimate of drug-likeness (QED) is 0.792. The maximum absolute atomic E-state index is 12.0. The minimum atomic E-state index is -3.05. The fraction of sp³-hybridized carbons (Fsp3) is 0.909. The normalized spacial score (nSPS) is 25.9. The summed E-state index contributed by atoms with van der Waals surface area (Å²) in [5, 5.41) is 5.97. The van der Waals surface area contributed by atoms with E-state index in [0.29, 0.717) is 0 Å². The van der Waals surface area contributed by atoms with Gasteiger partial charge in [-0.2, -0.15) is 0 Å². The molecule has 18 heavy (non-hydrogen) atoms. The molecule has 2 N–H and O–H groups in total. The van der Waals surface area contributed by atoms with Crippen molar-refractivity contribution in [1.82, 2.24) is 10.6 Å². The van der Waals surface area contributed by atoms with Gasteiger partial charge in [0.25, 0.3) is 0 Å². The van der Waals surface area contributed by atoms with Crippen LogP contribution in [0.15, 0.2) is 0 Å². The molecule has 5 nitrogen and oxygen atoms in total. The summed E-state index contributed by atoms with van der Waals surface area (Å²) < 4.78 is 22.2. The van der Waals surface area contributed by atoms with Crippen molar-refractivity contribution in [2.45, 2.75) is 44.7 Å². The highest BCUT2D eigenvalue weighted by atomic mass is 35.5. The fourth-order valence-electron chi connectivity index (χ4n) is 2.13. The molecule has 0 saturated carbocycles. The molecule has 2 atom stereocenters. The molecular formula is C11H23ClN2O3S. The number of halogens is 1. The van der Waals surface area contributed by atoms with Crippen molar-refractivity contribution in [3.05, 3.63) is 0 Å². The highest BCUT2D eigenvalue weighted by Crippen LogP contribution is 2.18. The van der Waals surface area contributed by atoms with Crippen molar-refractivity contribution in [3.63, 3.8) is 0 Å². The summed E-state index contributed by atoms with van der Waals surface area (Å²) in [5.41, 5.74) is -0.552. The highest BCUT2D eigenvalue weighted by Gasteiger charge is 2.34. The van der Waals surface area contributed by atoms with Crippen LogP contribution in [-0.2, 0) is 14.6 Å². The Hall–Kier alpha value is -0.330. The first-order valence-electron chi connectivity index (χ1n) is 5.97. The van der Waals surface area contributed by atoms with Gasteiger partial charge < -0.3 is 10.6 Å². The highest BCUT2D eigenvalue weighted by molar-refractivity contribution is 7.90. The van der Waals surface area contributed by atoms with Crippen LogP contribution in [0, 0.1) is 0 Å². The van der Waals surface area contributed by atoms with Crippen LogP contribution in [0.4, 0.5) is 0 Å². The second-order valence-corrected chi connectivity index (χ2v) is 7.37. The number of hydrogen-bond donors (Lipinski definition) is 2. The summed E-state index contributed by atoms with van der Waals surface area (Å²) in [6, 6.07) is -0.349. The molecule has 0 aliphatic carbocycles. The third-order valence-corrected chi connectivity index (χ3v) is 4.16. The maximum Gasteiger partial charge on any atom is 0.240 e. The van der Waals surface area contributed by atoms with E-state index >= 15 is 0 Å². The molecule has 1 aliphatic rings. The van der Waals surface area contributed by atoms with Crippen molar-refractivity contribution in [3.8, 4) is 0 Å². The van der Waals surface area contributed by atoms with Crippen molar-refractivity contribution in [1.29, 1.82) is 0 Å². The number of hydrogen-bond acceptors (Lipinski definition) is 4. The monoisotopic (exact) mass is 298 g/mol. The molecule has 1 rings (SSSR count). The van der Waals surface area contributed by atoms with E-state index in [9.17, 15) is 13.2 Å². The molecule has 0 aromatic heterocycles. The summed E-state index contributed by atoms with van der Waals surface area (Å²) in [4.78, 5) is 12.0. The van der Waals surface area contributed by atoms with Crippen LogP contribution in [0.2, 0.25) is 0 Å². The SMILES string of the molecule is CC(CS(C)(=O)=O)NC(=O)C1(C)CCCCN1.Cl. The Bertz CT molecular complexity index is 378. The molecular weight excluding hydrogens is 276 g/mol. The van der Waals surface area contributed by atoms with Gasteiger partial charge >= 0.3 is 0 Å². The third-order valence-electron chi connectivity index (χ3n) is 3.05. The van der Waals surface area contributed by atoms with E-state index in [1.54, 1.807) is 6.92 Å². The van der Waals surface area contributed by atoms with Crippen molar-refractivity contribution in [2.75, 3.05) is 18.6 Å². The fourth-order valence-corrected chi connectivity index (χ4v) is 3.12. The van der Waals surface area contributed by atoms with E-state index in [4.69, 9.17) is 0 Å². The zero-order chi connectivity index (χ0) is 13.1. The predicted molar refractivity (Wildman–Crippen MR) is 74.8 cm³/mol. The molecule has 1 aliphatic heterocycles. The van der Waals surface area contributed by atoms with E-state index in [2.05, 4.69) is 10.6 Å². The summed E-state index contributed by atoms with van der Waals surface area (Å²) in [6.07, 6.45) is 4.08. The molecule has 108 valence electrons. The average molecular weight is 299 g/mol. The number of piperidine rings is 1. The van der Waals surface area contributed by atoms with Gasteiger partial charge in [-0.1, -0.05) is 0 Å². The Morgan fingerprint density at radius 3 is 2.50 bits per heavy atom. The second-order valence-electron chi connectivity index (χ2n) is 5.18. The Morgan fingerprint density at radius 1 is 1.44 bits per heavy atom. The lowest BCUT2D eigenvalue weighted by molar-refractivity contribution is -0.128. The van der Waals surface area contributed by atoms with Crippen LogP contribution in [0.1, 0.15) is 33.1 Å². The van der Waals surface area contributed by atoms with Gasteiger partial charge in [-0.05, 0) is 39.7 Å². The molecule has 0 spiro atoms. The maximum atomic E-state index is 12.0. The van der Waals surface area contributed by atoms with Crippen LogP contribution in [-0.4, -0.2) is 44.5 Å². The molecule has 1 fully saturated rings. The van der Waals surface area contributed by atoms with Gasteiger partial charge in [0.05, 0.1) is 11.3 Å². The lowest BCUT2D eigenvalue weighted by Gasteiger charge is -2.34. The van der Waals surface area contributed by atoms with Gasteiger partial charge in [-0.15, -0.1) is 12.4 Å². The lowest BCUT2D eigenvalue weighted by atomic mass is 9.90. The summed E-state index contributed by atoms with van der Waals surface area (Å²) in [7, 11) is -3.05. The Labute approximate surface area is 115 Å². The summed E-state index contributed by atoms with van der Waals surface area (Å²) in [6.45, 7) is 4.42. The largest absolute Gasteiger partial charge is 0.351 e. The van der Waals surface area contributed by atoms with Crippen LogP contribution in [0.25, 0.3) is 0 Å². The van der Waals surface area contributed by atoms with Crippen LogP contribution in [0.5, 0.6) is 0 Å². The molecule has 0 radical (unpaired) electrons. The third kappa shape index (κ3) is 5.54. The number of nitrogens with one attached hydrogen (secondary N) is 2. The van der Waals surface area contributed by atoms with Gasteiger partial charge in [0.2, 0.25) is 5.91 Å². The molecule has 0 aromatic carbocycles. The molecule has 0 aromatic rings. The first kappa shape index (κ1) is 17.7. The minimum absolute atomic E-state index is 0. The average Bonchev–Trinajstić information content (AvgIpc) is 2.15. The summed E-state index contributed by atoms with van der Waals surface area (Å²) in [5.74, 6) is -0.122. The molecule has 0 bridgehead atoms. The Kier molecular flexibility index (Phi) is 6.60. The first-order valence-corrected chi connectivity index (χ1v) is 8.03. The molecule has 1 saturated heterocycles. The number of sulfone groups is 1. The van der Waals surface area contributed by atoms with Crippen LogP contribution < -0.4 is 10.6 Å². The van der Waals surface area contributed by atoms with Crippen LogP contribution in [0.3, 0.4) is 0 Å². The van der Waals surface area contributed by atoms with Crippen molar-refractivity contribution >= 4 is 28.2 Å². The zero-order valence-electron chi connectivity index (χ0n) is 11.2. The van der Waals surface area contributed by atoms with Gasteiger partial charge in [0.15, 0.2) is 0 Å². The van der Waals surface area contributed by atoms with Gasteiger partial charge in [-0.25, -0.2) is 8.42 Å². The standard InChI is InChI=1S/C11H22N2O3S.ClH/c1-9(8-17(3,15)16)13-10(14)11(2)6-4-5-7-12-11;/h9,12H,4-8H2,1-3H3,(H,13,14);1H. The minimum Gasteiger partial charge on any atom is -0.351 e. The van der Waals surface area contributed by atoms with Crippen molar-refractivity contribution in [2.24, 2.45) is 0 Å². The molecule has 2 unspecified atom stereocenters. The Morgan fingerprint density at radius 2 is 2.06 bits per heavy atom. The Balaban J connectivity index is 0.00000289. The van der Waals surface area contributed by atoms with E-state index in [1.807, 2.05) is 6.92 Å². The van der Waals surface area contributed by atoms with E-state index in [-0.39, 0.29) is 30.1 Å². The molecule has 7 heteroatoms. The first-order chi connectivity index (χ1) is 7.73.